The second-order valence-electron chi connectivity index (χ2n) is 6.49. The van der Waals surface area contributed by atoms with Crippen molar-refractivity contribution in [2.45, 2.75) is 19.1 Å². The van der Waals surface area contributed by atoms with Crippen LogP contribution in [-0.4, -0.2) is 51.5 Å². The van der Waals surface area contributed by atoms with Crippen LogP contribution in [0.2, 0.25) is 0 Å². The number of hydrogen-bond acceptors (Lipinski definition) is 9. The Hall–Kier alpha value is -3.04. The van der Waals surface area contributed by atoms with Crippen LogP contribution < -0.4 is 16.0 Å². The van der Waals surface area contributed by atoms with Crippen molar-refractivity contribution in [1.82, 2.24) is 25.5 Å². The molecule has 1 atom stereocenters. The Morgan fingerprint density at radius 2 is 2.04 bits per heavy atom. The van der Waals surface area contributed by atoms with Gasteiger partial charge in [0.1, 0.15) is 5.82 Å². The summed E-state index contributed by atoms with van der Waals surface area (Å²) >= 11 is 0. The molecule has 0 aliphatic carbocycles. The molecule has 0 bridgehead atoms. The van der Waals surface area contributed by atoms with Crippen LogP contribution in [0.4, 0.5) is 11.6 Å². The Kier molecular flexibility index (Phi) is 4.69. The molecule has 2 aromatic heterocycles. The van der Waals surface area contributed by atoms with Crippen molar-refractivity contribution < 1.29 is 9.52 Å². The Bertz CT molecular complexity index is 926. The van der Waals surface area contributed by atoms with Gasteiger partial charge in [0.05, 0.1) is 12.3 Å². The van der Waals surface area contributed by atoms with Crippen LogP contribution in [-0.2, 0) is 6.54 Å². The summed E-state index contributed by atoms with van der Waals surface area (Å²) in [6.07, 6.45) is 1.94. The molecule has 9 nitrogen and oxygen atoms in total. The number of hydrogen-bond donors (Lipinski definition) is 3. The van der Waals surface area contributed by atoms with E-state index in [1.165, 1.54) is 0 Å². The number of β-amino-alcohol motifs (C(OH)–C–C–N with tert-alkyl or cyclic N) is 1. The Morgan fingerprint density at radius 3 is 2.74 bits per heavy atom. The molecule has 0 spiro atoms. The van der Waals surface area contributed by atoms with Crippen LogP contribution in [0.5, 0.6) is 0 Å². The van der Waals surface area contributed by atoms with E-state index in [2.05, 4.69) is 25.5 Å². The van der Waals surface area contributed by atoms with E-state index in [0.717, 1.165) is 17.7 Å². The Morgan fingerprint density at radius 1 is 1.26 bits per heavy atom. The number of rotatable bonds is 5. The molecule has 4 N–H and O–H groups in total. The van der Waals surface area contributed by atoms with Crippen LogP contribution in [0.25, 0.3) is 23.0 Å². The SMILES string of the molecule is CNCc1ccc(-c2nnc(-c3nc(N4CC[C@H](O)C4)cnc3N)o2)cc1. The first kappa shape index (κ1) is 17.4. The van der Waals surface area contributed by atoms with E-state index in [-0.39, 0.29) is 17.8 Å². The maximum absolute atomic E-state index is 9.73. The molecule has 0 saturated carbocycles. The van der Waals surface area contributed by atoms with Crippen LogP contribution in [0.15, 0.2) is 34.9 Å². The van der Waals surface area contributed by atoms with Gasteiger partial charge in [0.2, 0.25) is 5.89 Å². The lowest BCUT2D eigenvalue weighted by Gasteiger charge is -2.16. The largest absolute Gasteiger partial charge is 0.414 e. The average Bonchev–Trinajstić information content (AvgIpc) is 3.33. The number of nitrogens with two attached hydrogens (primary N) is 1. The van der Waals surface area contributed by atoms with E-state index < -0.39 is 0 Å². The highest BCUT2D eigenvalue weighted by molar-refractivity contribution is 5.65. The summed E-state index contributed by atoms with van der Waals surface area (Å²) in [5.74, 6) is 1.46. The van der Waals surface area contributed by atoms with E-state index >= 15 is 0 Å². The molecule has 0 radical (unpaired) electrons. The fourth-order valence-electron chi connectivity index (χ4n) is 3.05. The maximum Gasteiger partial charge on any atom is 0.270 e. The van der Waals surface area contributed by atoms with E-state index in [1.807, 2.05) is 36.2 Å². The zero-order valence-corrected chi connectivity index (χ0v) is 15.0. The van der Waals surface area contributed by atoms with Gasteiger partial charge in [-0.2, -0.15) is 0 Å². The highest BCUT2D eigenvalue weighted by Crippen LogP contribution is 2.28. The molecule has 3 heterocycles. The zero-order valence-electron chi connectivity index (χ0n) is 15.0. The minimum absolute atomic E-state index is 0.218. The van der Waals surface area contributed by atoms with Crippen molar-refractivity contribution >= 4 is 11.6 Å². The highest BCUT2D eigenvalue weighted by atomic mass is 16.4. The van der Waals surface area contributed by atoms with E-state index in [0.29, 0.717) is 36.9 Å². The van der Waals surface area contributed by atoms with Crippen molar-refractivity contribution in [1.29, 1.82) is 0 Å². The molecule has 4 rings (SSSR count). The predicted molar refractivity (Wildman–Crippen MR) is 101 cm³/mol. The second kappa shape index (κ2) is 7.29. The summed E-state index contributed by atoms with van der Waals surface area (Å²) in [6, 6.07) is 7.87. The molecule has 1 aliphatic heterocycles. The predicted octanol–water partition coefficient (Wildman–Crippen LogP) is 1.07. The number of aliphatic hydroxyl groups is 1. The van der Waals surface area contributed by atoms with Crippen molar-refractivity contribution in [2.75, 3.05) is 30.8 Å². The van der Waals surface area contributed by atoms with Crippen molar-refractivity contribution in [3.63, 3.8) is 0 Å². The molecule has 1 fully saturated rings. The molecular weight excluding hydrogens is 346 g/mol. The smallest absolute Gasteiger partial charge is 0.270 e. The van der Waals surface area contributed by atoms with Gasteiger partial charge < -0.3 is 25.5 Å². The first-order valence-electron chi connectivity index (χ1n) is 8.77. The molecule has 140 valence electrons. The van der Waals surface area contributed by atoms with Gasteiger partial charge in [-0.05, 0) is 31.2 Å². The van der Waals surface area contributed by atoms with Crippen molar-refractivity contribution in [3.8, 4) is 23.0 Å². The zero-order chi connectivity index (χ0) is 18.8. The average molecular weight is 367 g/mol. The summed E-state index contributed by atoms with van der Waals surface area (Å²) in [7, 11) is 1.90. The lowest BCUT2D eigenvalue weighted by Crippen LogP contribution is -2.22. The molecule has 9 heteroatoms. The van der Waals surface area contributed by atoms with Gasteiger partial charge in [0.25, 0.3) is 5.89 Å². The van der Waals surface area contributed by atoms with Crippen LogP contribution in [0.3, 0.4) is 0 Å². The molecule has 0 amide bonds. The minimum Gasteiger partial charge on any atom is -0.414 e. The monoisotopic (exact) mass is 367 g/mol. The van der Waals surface area contributed by atoms with Crippen molar-refractivity contribution in [3.05, 3.63) is 36.0 Å². The normalized spacial score (nSPS) is 16.8. The van der Waals surface area contributed by atoms with Gasteiger partial charge in [-0.15, -0.1) is 10.2 Å². The third-order valence-electron chi connectivity index (χ3n) is 4.48. The van der Waals surface area contributed by atoms with Crippen molar-refractivity contribution in [2.24, 2.45) is 0 Å². The molecular formula is C18H21N7O2. The number of aromatic nitrogens is 4. The standard InChI is InChI=1S/C18H21N7O2/c1-20-8-11-2-4-12(5-3-11)17-23-24-18(27-17)15-16(19)21-9-14(22-15)25-7-6-13(26)10-25/h2-5,9,13,20,26H,6-8,10H2,1H3,(H2,19,21)/t13-/m0/s1. The Labute approximate surface area is 156 Å². The first-order valence-corrected chi connectivity index (χ1v) is 8.77. The number of benzene rings is 1. The van der Waals surface area contributed by atoms with Crippen LogP contribution >= 0.6 is 0 Å². The molecule has 1 aromatic carbocycles. The topological polar surface area (TPSA) is 126 Å². The maximum atomic E-state index is 9.73. The summed E-state index contributed by atoms with van der Waals surface area (Å²) in [5.41, 5.74) is 8.30. The molecule has 1 saturated heterocycles. The summed E-state index contributed by atoms with van der Waals surface area (Å²) < 4.78 is 5.79. The van der Waals surface area contributed by atoms with Gasteiger partial charge in [-0.3, -0.25) is 0 Å². The first-order chi connectivity index (χ1) is 13.1. The fraction of sp³-hybridized carbons (Fsp3) is 0.333. The summed E-state index contributed by atoms with van der Waals surface area (Å²) in [6.45, 7) is 2.03. The van der Waals surface area contributed by atoms with Gasteiger partial charge in [0, 0.05) is 25.2 Å². The Balaban J connectivity index is 1.61. The number of aliphatic hydroxyl groups excluding tert-OH is 1. The van der Waals surface area contributed by atoms with Gasteiger partial charge in [-0.25, -0.2) is 9.97 Å². The minimum atomic E-state index is -0.353. The van der Waals surface area contributed by atoms with Gasteiger partial charge in [0.15, 0.2) is 11.5 Å². The van der Waals surface area contributed by atoms with Gasteiger partial charge in [-0.1, -0.05) is 12.1 Å². The summed E-state index contributed by atoms with van der Waals surface area (Å²) in [4.78, 5) is 10.7. The third kappa shape index (κ3) is 3.60. The molecule has 0 unspecified atom stereocenters. The van der Waals surface area contributed by atoms with E-state index in [1.54, 1.807) is 6.20 Å². The lowest BCUT2D eigenvalue weighted by molar-refractivity contribution is 0.198. The van der Waals surface area contributed by atoms with Gasteiger partial charge >= 0.3 is 0 Å². The molecule has 3 aromatic rings. The fourth-order valence-corrected chi connectivity index (χ4v) is 3.05. The number of nitrogens with one attached hydrogen (secondary N) is 1. The number of nitrogens with zero attached hydrogens (tertiary/aromatic N) is 5. The third-order valence-corrected chi connectivity index (χ3v) is 4.48. The number of anilines is 2. The highest BCUT2D eigenvalue weighted by Gasteiger charge is 2.24. The molecule has 1 aliphatic rings. The van der Waals surface area contributed by atoms with E-state index in [9.17, 15) is 5.11 Å². The molecule has 27 heavy (non-hydrogen) atoms. The summed E-state index contributed by atoms with van der Waals surface area (Å²) in [5, 5.41) is 21.0. The quantitative estimate of drug-likeness (QED) is 0.607. The number of nitrogen functional groups attached to an aromatic ring is 1. The second-order valence-corrected chi connectivity index (χ2v) is 6.49. The van der Waals surface area contributed by atoms with Crippen LogP contribution in [0, 0.1) is 0 Å². The van der Waals surface area contributed by atoms with E-state index in [4.69, 9.17) is 10.2 Å². The van der Waals surface area contributed by atoms with Crippen LogP contribution in [0.1, 0.15) is 12.0 Å². The lowest BCUT2D eigenvalue weighted by atomic mass is 10.1.